The van der Waals surface area contributed by atoms with E-state index in [9.17, 15) is 8.42 Å². The van der Waals surface area contributed by atoms with E-state index in [1.165, 1.54) is 12.1 Å². The Labute approximate surface area is 155 Å². The number of furan rings is 1. The molecule has 2 heterocycles. The van der Waals surface area contributed by atoms with Crippen LogP contribution in [0.15, 0.2) is 58.2 Å². The van der Waals surface area contributed by atoms with E-state index in [0.29, 0.717) is 27.6 Å². The van der Waals surface area contributed by atoms with Crippen LogP contribution < -0.4 is 4.72 Å². The second kappa shape index (κ2) is 7.17. The molecule has 5 nitrogen and oxygen atoms in total. The Hall–Kier alpha value is -1.86. The summed E-state index contributed by atoms with van der Waals surface area (Å²) >= 11 is 12.0. The van der Waals surface area contributed by atoms with E-state index in [1.807, 2.05) is 0 Å². The Bertz CT molecular complexity index is 985. The summed E-state index contributed by atoms with van der Waals surface area (Å²) in [6.07, 6.45) is 3.16. The normalized spacial score (nSPS) is 11.6. The second-order valence-electron chi connectivity index (χ2n) is 5.39. The van der Waals surface area contributed by atoms with E-state index in [0.717, 1.165) is 0 Å². The summed E-state index contributed by atoms with van der Waals surface area (Å²) in [6.45, 7) is 1.81. The molecule has 130 valence electrons. The minimum atomic E-state index is -3.77. The third kappa shape index (κ3) is 4.04. The molecule has 3 aromatic rings. The van der Waals surface area contributed by atoms with E-state index < -0.39 is 10.0 Å². The molecule has 3 rings (SSSR count). The van der Waals surface area contributed by atoms with Crippen molar-refractivity contribution in [3.63, 3.8) is 0 Å². The quantitative estimate of drug-likeness (QED) is 0.691. The summed E-state index contributed by atoms with van der Waals surface area (Å²) in [5.74, 6) is 0.649. The van der Waals surface area contributed by atoms with Gasteiger partial charge >= 0.3 is 0 Å². The lowest BCUT2D eigenvalue weighted by molar-refractivity contribution is 0.578. The molecular formula is C17H14Cl2N2O3S. The number of hydrogen-bond donors (Lipinski definition) is 1. The lowest BCUT2D eigenvalue weighted by Crippen LogP contribution is -2.23. The second-order valence-corrected chi connectivity index (χ2v) is 7.94. The van der Waals surface area contributed by atoms with Crippen molar-refractivity contribution in [3.05, 3.63) is 70.0 Å². The van der Waals surface area contributed by atoms with Gasteiger partial charge in [0, 0.05) is 17.8 Å². The maximum absolute atomic E-state index is 12.5. The van der Waals surface area contributed by atoms with Crippen molar-refractivity contribution >= 4 is 33.2 Å². The Balaban J connectivity index is 1.75. The monoisotopic (exact) mass is 396 g/mol. The summed E-state index contributed by atoms with van der Waals surface area (Å²) in [4.78, 5) is 4.26. The molecule has 0 bridgehead atoms. The molecule has 0 aliphatic heterocycles. The zero-order valence-corrected chi connectivity index (χ0v) is 15.5. The standard InChI is InChI=1S/C17H14Cl2N2O3S/c1-11-7-17(14(19)8-13(11)18)25(22,23)21-10-12-4-5-15(20-9-12)16-3-2-6-24-16/h2-9,21H,10H2,1H3. The van der Waals surface area contributed by atoms with Crippen LogP contribution in [0.3, 0.4) is 0 Å². The molecule has 0 aliphatic rings. The lowest BCUT2D eigenvalue weighted by Gasteiger charge is -2.10. The molecule has 0 atom stereocenters. The van der Waals surface area contributed by atoms with Gasteiger partial charge < -0.3 is 4.42 Å². The molecule has 1 N–H and O–H groups in total. The predicted molar refractivity (Wildman–Crippen MR) is 97.2 cm³/mol. The van der Waals surface area contributed by atoms with Gasteiger partial charge in [0.25, 0.3) is 0 Å². The van der Waals surface area contributed by atoms with Crippen molar-refractivity contribution in [2.45, 2.75) is 18.4 Å². The van der Waals surface area contributed by atoms with Gasteiger partial charge in [-0.05, 0) is 48.4 Å². The lowest BCUT2D eigenvalue weighted by atomic mass is 10.2. The third-order valence-corrected chi connectivity index (χ3v) is 5.84. The largest absolute Gasteiger partial charge is 0.463 e. The molecule has 0 saturated carbocycles. The van der Waals surface area contributed by atoms with Crippen LogP contribution in [0.4, 0.5) is 0 Å². The van der Waals surface area contributed by atoms with Gasteiger partial charge in [0.1, 0.15) is 10.6 Å². The summed E-state index contributed by atoms with van der Waals surface area (Å²) < 4.78 is 32.7. The number of nitrogens with zero attached hydrogens (tertiary/aromatic N) is 1. The van der Waals surface area contributed by atoms with E-state index in [4.69, 9.17) is 27.6 Å². The molecule has 2 aromatic heterocycles. The van der Waals surface area contributed by atoms with E-state index in [-0.39, 0.29) is 16.5 Å². The van der Waals surface area contributed by atoms with Crippen LogP contribution in [-0.2, 0) is 16.6 Å². The van der Waals surface area contributed by atoms with Crippen LogP contribution >= 0.6 is 23.2 Å². The van der Waals surface area contributed by atoms with Gasteiger partial charge in [0.05, 0.1) is 11.3 Å². The number of hydrogen-bond acceptors (Lipinski definition) is 4. The molecule has 0 unspecified atom stereocenters. The van der Waals surface area contributed by atoms with Gasteiger partial charge in [-0.1, -0.05) is 29.3 Å². The first-order valence-corrected chi connectivity index (χ1v) is 9.55. The van der Waals surface area contributed by atoms with Crippen molar-refractivity contribution in [2.75, 3.05) is 0 Å². The van der Waals surface area contributed by atoms with Crippen LogP contribution in [0.25, 0.3) is 11.5 Å². The van der Waals surface area contributed by atoms with Crippen LogP contribution in [0.2, 0.25) is 10.0 Å². The number of benzene rings is 1. The fourth-order valence-corrected chi connectivity index (χ4v) is 4.04. The van der Waals surface area contributed by atoms with Gasteiger partial charge in [-0.25, -0.2) is 13.1 Å². The minimum absolute atomic E-state index is 0.00349. The Morgan fingerprint density at radius 3 is 2.60 bits per heavy atom. The van der Waals surface area contributed by atoms with Gasteiger partial charge in [-0.15, -0.1) is 0 Å². The number of sulfonamides is 1. The number of halogens is 2. The topological polar surface area (TPSA) is 72.2 Å². The van der Waals surface area contributed by atoms with Crippen LogP contribution in [0.5, 0.6) is 0 Å². The van der Waals surface area contributed by atoms with E-state index in [2.05, 4.69) is 9.71 Å². The molecule has 0 fully saturated rings. The van der Waals surface area contributed by atoms with Crippen LogP contribution in [0.1, 0.15) is 11.1 Å². The zero-order chi connectivity index (χ0) is 18.0. The van der Waals surface area contributed by atoms with Crippen LogP contribution in [-0.4, -0.2) is 13.4 Å². The SMILES string of the molecule is Cc1cc(S(=O)(=O)NCc2ccc(-c3ccco3)nc2)c(Cl)cc1Cl. The highest BCUT2D eigenvalue weighted by molar-refractivity contribution is 7.89. The highest BCUT2D eigenvalue weighted by Crippen LogP contribution is 2.28. The summed E-state index contributed by atoms with van der Waals surface area (Å²) in [5.41, 5.74) is 2.02. The smallest absolute Gasteiger partial charge is 0.242 e. The number of pyridine rings is 1. The predicted octanol–water partition coefficient (Wildman–Crippen LogP) is 4.44. The molecule has 25 heavy (non-hydrogen) atoms. The Morgan fingerprint density at radius 1 is 1.16 bits per heavy atom. The highest BCUT2D eigenvalue weighted by Gasteiger charge is 2.19. The average Bonchev–Trinajstić information content (AvgIpc) is 3.11. The molecule has 0 saturated heterocycles. The number of aromatic nitrogens is 1. The molecule has 0 spiro atoms. The first kappa shape index (κ1) is 17.9. The van der Waals surface area contributed by atoms with Crippen molar-refractivity contribution < 1.29 is 12.8 Å². The van der Waals surface area contributed by atoms with Crippen molar-refractivity contribution in [3.8, 4) is 11.5 Å². The average molecular weight is 397 g/mol. The maximum atomic E-state index is 12.5. The fraction of sp³-hybridized carbons (Fsp3) is 0.118. The Morgan fingerprint density at radius 2 is 1.96 bits per heavy atom. The first-order valence-electron chi connectivity index (χ1n) is 7.31. The van der Waals surface area contributed by atoms with Gasteiger partial charge in [0.2, 0.25) is 10.0 Å². The van der Waals surface area contributed by atoms with Gasteiger partial charge in [0.15, 0.2) is 5.76 Å². The molecular weight excluding hydrogens is 383 g/mol. The molecule has 8 heteroatoms. The summed E-state index contributed by atoms with van der Waals surface area (Å²) in [6, 6.07) is 9.99. The number of aryl methyl sites for hydroxylation is 1. The highest BCUT2D eigenvalue weighted by atomic mass is 35.5. The van der Waals surface area contributed by atoms with E-state index >= 15 is 0 Å². The van der Waals surface area contributed by atoms with Gasteiger partial charge in [-0.2, -0.15) is 0 Å². The van der Waals surface area contributed by atoms with E-state index in [1.54, 1.807) is 43.6 Å². The van der Waals surface area contributed by atoms with Gasteiger partial charge in [-0.3, -0.25) is 4.98 Å². The molecule has 0 aliphatic carbocycles. The minimum Gasteiger partial charge on any atom is -0.463 e. The number of nitrogens with one attached hydrogen (secondary N) is 1. The van der Waals surface area contributed by atoms with Crippen molar-refractivity contribution in [1.82, 2.24) is 9.71 Å². The third-order valence-electron chi connectivity index (χ3n) is 3.57. The summed E-state index contributed by atoms with van der Waals surface area (Å²) in [7, 11) is -3.77. The summed E-state index contributed by atoms with van der Waals surface area (Å²) in [5, 5.41) is 0.496. The molecule has 0 radical (unpaired) electrons. The van der Waals surface area contributed by atoms with Crippen LogP contribution in [0, 0.1) is 6.92 Å². The molecule has 1 aromatic carbocycles. The van der Waals surface area contributed by atoms with Crippen molar-refractivity contribution in [1.29, 1.82) is 0 Å². The fourth-order valence-electron chi connectivity index (χ4n) is 2.19. The zero-order valence-electron chi connectivity index (χ0n) is 13.2. The number of rotatable bonds is 5. The molecule has 0 amide bonds. The first-order chi connectivity index (χ1) is 11.9. The van der Waals surface area contributed by atoms with Crippen molar-refractivity contribution in [2.24, 2.45) is 0 Å². The Kier molecular flexibility index (Phi) is 5.15. The maximum Gasteiger partial charge on any atom is 0.242 e.